The normalized spacial score (nSPS) is 11.6. The predicted octanol–water partition coefficient (Wildman–Crippen LogP) is -1.14. The molecule has 0 aliphatic carbocycles. The van der Waals surface area contributed by atoms with Gasteiger partial charge < -0.3 is 20.9 Å². The summed E-state index contributed by atoms with van der Waals surface area (Å²) in [5.41, 5.74) is 5.14. The van der Waals surface area contributed by atoms with Gasteiger partial charge in [0.15, 0.2) is 0 Å². The summed E-state index contributed by atoms with van der Waals surface area (Å²) in [6.45, 7) is 0.148. The number of amides is 1. The van der Waals surface area contributed by atoms with Gasteiger partial charge in [-0.1, -0.05) is 0 Å². The van der Waals surface area contributed by atoms with E-state index in [4.69, 9.17) is 10.8 Å². The van der Waals surface area contributed by atoms with Crippen LogP contribution in [-0.4, -0.2) is 42.6 Å². The second-order valence-corrected chi connectivity index (χ2v) is 3.11. The Balaban J connectivity index is 4.12. The highest BCUT2D eigenvalue weighted by molar-refractivity contribution is 5.84. The Morgan fingerprint density at radius 2 is 2.00 bits per heavy atom. The van der Waals surface area contributed by atoms with Crippen molar-refractivity contribution in [3.8, 4) is 0 Å². The van der Waals surface area contributed by atoms with Crippen LogP contribution < -0.4 is 11.1 Å². The second kappa shape index (κ2) is 7.63. The lowest BCUT2D eigenvalue weighted by atomic mass is 10.1. The van der Waals surface area contributed by atoms with Crippen molar-refractivity contribution in [3.05, 3.63) is 0 Å². The largest absolute Gasteiger partial charge is 0.480 e. The monoisotopic (exact) mass is 232 g/mol. The van der Waals surface area contributed by atoms with E-state index in [1.165, 1.54) is 7.11 Å². The van der Waals surface area contributed by atoms with Crippen LogP contribution in [0.4, 0.5) is 0 Å². The first-order valence-electron chi connectivity index (χ1n) is 4.80. The molecule has 0 aromatic heterocycles. The fourth-order valence-electron chi connectivity index (χ4n) is 1.02. The van der Waals surface area contributed by atoms with Gasteiger partial charge in [0.05, 0.1) is 7.11 Å². The first kappa shape index (κ1) is 14.4. The van der Waals surface area contributed by atoms with Crippen LogP contribution >= 0.6 is 0 Å². The summed E-state index contributed by atoms with van der Waals surface area (Å²) >= 11 is 0. The van der Waals surface area contributed by atoms with Gasteiger partial charge in [0.2, 0.25) is 5.91 Å². The topological polar surface area (TPSA) is 119 Å². The van der Waals surface area contributed by atoms with Crippen molar-refractivity contribution in [2.75, 3.05) is 13.7 Å². The molecule has 0 aliphatic rings. The highest BCUT2D eigenvalue weighted by Crippen LogP contribution is 2.00. The maximum atomic E-state index is 11.1. The minimum Gasteiger partial charge on any atom is -0.480 e. The third kappa shape index (κ3) is 5.97. The van der Waals surface area contributed by atoms with Crippen molar-refractivity contribution in [1.29, 1.82) is 0 Å². The smallest absolute Gasteiger partial charge is 0.326 e. The predicted molar refractivity (Wildman–Crippen MR) is 54.5 cm³/mol. The molecule has 0 aliphatic heterocycles. The number of carboxylic acids is 1. The Bertz CT molecular complexity index is 267. The molecule has 92 valence electrons. The number of carbonyl (C=O) groups excluding carboxylic acids is 2. The summed E-state index contributed by atoms with van der Waals surface area (Å²) < 4.78 is 4.37. The zero-order chi connectivity index (χ0) is 12.6. The molecule has 0 spiro atoms. The molecule has 0 heterocycles. The Labute approximate surface area is 92.9 Å². The maximum absolute atomic E-state index is 11.1. The van der Waals surface area contributed by atoms with Crippen LogP contribution in [-0.2, 0) is 19.1 Å². The zero-order valence-electron chi connectivity index (χ0n) is 9.06. The van der Waals surface area contributed by atoms with E-state index in [0.717, 1.165) is 0 Å². The van der Waals surface area contributed by atoms with Crippen molar-refractivity contribution in [2.24, 2.45) is 5.73 Å². The molecular weight excluding hydrogens is 216 g/mol. The van der Waals surface area contributed by atoms with Gasteiger partial charge in [-0.2, -0.15) is 0 Å². The molecule has 0 rings (SSSR count). The van der Waals surface area contributed by atoms with Gasteiger partial charge >= 0.3 is 11.9 Å². The Morgan fingerprint density at radius 3 is 2.44 bits per heavy atom. The molecule has 16 heavy (non-hydrogen) atoms. The molecule has 7 nitrogen and oxygen atoms in total. The Hall–Kier alpha value is -1.63. The Morgan fingerprint density at radius 1 is 1.38 bits per heavy atom. The van der Waals surface area contributed by atoms with E-state index < -0.39 is 23.9 Å². The lowest BCUT2D eigenvalue weighted by Crippen LogP contribution is -2.41. The van der Waals surface area contributed by atoms with Crippen molar-refractivity contribution >= 4 is 17.8 Å². The van der Waals surface area contributed by atoms with Gasteiger partial charge in [-0.15, -0.1) is 0 Å². The van der Waals surface area contributed by atoms with Crippen LogP contribution in [0.25, 0.3) is 0 Å². The quantitative estimate of drug-likeness (QED) is 0.477. The standard InChI is InChI=1S/C9H16N2O5/c1-16-8(13)3-2-6(9(14)15)11-7(12)4-5-10/h6H,2-5,10H2,1H3,(H,11,12)(H,14,15)/t6-/m0/s1. The number of rotatable bonds is 7. The average molecular weight is 232 g/mol. The van der Waals surface area contributed by atoms with Crippen molar-refractivity contribution in [3.63, 3.8) is 0 Å². The summed E-state index contributed by atoms with van der Waals surface area (Å²) in [5, 5.41) is 11.0. The van der Waals surface area contributed by atoms with Gasteiger partial charge in [-0.3, -0.25) is 9.59 Å². The summed E-state index contributed by atoms with van der Waals surface area (Å²) in [6, 6.07) is -1.09. The zero-order valence-corrected chi connectivity index (χ0v) is 9.06. The molecule has 0 unspecified atom stereocenters. The maximum Gasteiger partial charge on any atom is 0.326 e. The number of hydrogen-bond acceptors (Lipinski definition) is 5. The minimum absolute atomic E-state index is 0.00167. The molecule has 0 aromatic rings. The highest BCUT2D eigenvalue weighted by atomic mass is 16.5. The molecule has 1 amide bonds. The summed E-state index contributed by atoms with van der Waals surface area (Å²) in [7, 11) is 1.21. The number of ether oxygens (including phenoxy) is 1. The number of hydrogen-bond donors (Lipinski definition) is 3. The average Bonchev–Trinajstić information content (AvgIpc) is 2.23. The number of methoxy groups -OCH3 is 1. The van der Waals surface area contributed by atoms with Crippen LogP contribution in [0, 0.1) is 0 Å². The number of nitrogens with one attached hydrogen (secondary N) is 1. The number of nitrogens with two attached hydrogens (primary N) is 1. The summed E-state index contributed by atoms with van der Waals surface area (Å²) in [4.78, 5) is 32.6. The second-order valence-electron chi connectivity index (χ2n) is 3.11. The Kier molecular flexibility index (Phi) is 6.86. The van der Waals surface area contributed by atoms with Crippen molar-refractivity contribution < 1.29 is 24.2 Å². The van der Waals surface area contributed by atoms with Gasteiger partial charge in [0.1, 0.15) is 6.04 Å². The number of aliphatic carboxylic acids is 1. The molecule has 0 fully saturated rings. The first-order valence-corrected chi connectivity index (χ1v) is 4.80. The number of carbonyl (C=O) groups is 3. The van der Waals surface area contributed by atoms with Gasteiger partial charge in [0, 0.05) is 19.4 Å². The van der Waals surface area contributed by atoms with Crippen LogP contribution in [0.15, 0.2) is 0 Å². The molecule has 0 saturated heterocycles. The van der Waals surface area contributed by atoms with Gasteiger partial charge in [-0.25, -0.2) is 4.79 Å². The van der Waals surface area contributed by atoms with Crippen LogP contribution in [0.3, 0.4) is 0 Å². The highest BCUT2D eigenvalue weighted by Gasteiger charge is 2.20. The fraction of sp³-hybridized carbons (Fsp3) is 0.667. The van der Waals surface area contributed by atoms with Crippen LogP contribution in [0.2, 0.25) is 0 Å². The SMILES string of the molecule is COC(=O)CC[C@H](NC(=O)CCN)C(=O)O. The molecule has 0 aromatic carbocycles. The molecule has 4 N–H and O–H groups in total. The lowest BCUT2D eigenvalue weighted by Gasteiger charge is -2.13. The molecule has 1 atom stereocenters. The van der Waals surface area contributed by atoms with Crippen LogP contribution in [0.1, 0.15) is 19.3 Å². The third-order valence-corrected chi connectivity index (χ3v) is 1.87. The van der Waals surface area contributed by atoms with Gasteiger partial charge in [-0.05, 0) is 6.42 Å². The molecule has 0 bridgehead atoms. The van der Waals surface area contributed by atoms with E-state index in [-0.39, 0.29) is 25.8 Å². The summed E-state index contributed by atoms with van der Waals surface area (Å²) in [5.74, 6) is -2.15. The lowest BCUT2D eigenvalue weighted by molar-refractivity contribution is -0.144. The fourth-order valence-corrected chi connectivity index (χ4v) is 1.02. The first-order chi connectivity index (χ1) is 7.51. The number of esters is 1. The molecule has 0 saturated carbocycles. The van der Waals surface area contributed by atoms with E-state index in [1.54, 1.807) is 0 Å². The molecule has 7 heteroatoms. The summed E-state index contributed by atoms with van der Waals surface area (Å²) in [6.07, 6.45) is -0.00328. The third-order valence-electron chi connectivity index (χ3n) is 1.87. The molecule has 0 radical (unpaired) electrons. The van der Waals surface area contributed by atoms with E-state index in [1.807, 2.05) is 0 Å². The van der Waals surface area contributed by atoms with Gasteiger partial charge in [0.25, 0.3) is 0 Å². The van der Waals surface area contributed by atoms with E-state index in [0.29, 0.717) is 0 Å². The van der Waals surface area contributed by atoms with Crippen LogP contribution in [0.5, 0.6) is 0 Å². The van der Waals surface area contributed by atoms with E-state index >= 15 is 0 Å². The van der Waals surface area contributed by atoms with Crippen molar-refractivity contribution in [2.45, 2.75) is 25.3 Å². The number of carboxylic acid groups (broad SMARTS) is 1. The van der Waals surface area contributed by atoms with E-state index in [9.17, 15) is 14.4 Å². The minimum atomic E-state index is -1.19. The van der Waals surface area contributed by atoms with E-state index in [2.05, 4.69) is 10.1 Å². The van der Waals surface area contributed by atoms with Crippen molar-refractivity contribution in [1.82, 2.24) is 5.32 Å². The molecular formula is C9H16N2O5.